The molecule has 0 saturated heterocycles. The molecule has 1 aromatic heterocycles. The van der Waals surface area contributed by atoms with Crippen molar-refractivity contribution < 1.29 is 27.0 Å². The van der Waals surface area contributed by atoms with E-state index in [-0.39, 0.29) is 35.8 Å². The van der Waals surface area contributed by atoms with Crippen molar-refractivity contribution in [3.05, 3.63) is 76.9 Å². The molecule has 9 heteroatoms. The van der Waals surface area contributed by atoms with Crippen LogP contribution in [-0.4, -0.2) is 42.6 Å². The Hall–Kier alpha value is -3.98. The minimum Gasteiger partial charge on any atom is -0.492 e. The molecular weight excluding hydrogens is 564 g/mol. The second kappa shape index (κ2) is 13.1. The lowest BCUT2D eigenvalue weighted by Gasteiger charge is -2.09. The topological polar surface area (TPSA) is 104 Å². The number of aromatic nitrogens is 1. The largest absolute Gasteiger partial charge is 0.492 e. The fraction of sp³-hybridized carbons (Fsp3) is 0.382. The van der Waals surface area contributed by atoms with E-state index in [4.69, 9.17) is 9.02 Å². The summed E-state index contributed by atoms with van der Waals surface area (Å²) in [5, 5.41) is 5.36. The van der Waals surface area contributed by atoms with Crippen molar-refractivity contribution in [2.24, 2.45) is 5.16 Å². The third kappa shape index (κ3) is 6.37. The summed E-state index contributed by atoms with van der Waals surface area (Å²) >= 11 is 0. The molecule has 0 fully saturated rings. The number of aryl methyl sites for hydroxylation is 2. The van der Waals surface area contributed by atoms with E-state index in [1.807, 2.05) is 62.4 Å². The minimum absolute atomic E-state index is 0.000676. The lowest BCUT2D eigenvalue weighted by molar-refractivity contribution is 0.103. The zero-order valence-corrected chi connectivity index (χ0v) is 25.8. The number of ether oxygens (including phenoxy) is 1. The highest BCUT2D eigenvalue weighted by Gasteiger charge is 2.28. The first-order chi connectivity index (χ1) is 20.8. The van der Waals surface area contributed by atoms with Gasteiger partial charge in [0.15, 0.2) is 5.78 Å². The van der Waals surface area contributed by atoms with E-state index in [0.29, 0.717) is 29.8 Å². The van der Waals surface area contributed by atoms with E-state index in [9.17, 15) is 18.0 Å². The maximum atomic E-state index is 13.6. The predicted octanol–water partition coefficient (Wildman–Crippen LogP) is 7.38. The summed E-state index contributed by atoms with van der Waals surface area (Å²) < 4.78 is 38.2. The Morgan fingerprint density at radius 1 is 0.977 bits per heavy atom. The van der Waals surface area contributed by atoms with Crippen molar-refractivity contribution in [2.75, 3.05) is 12.4 Å². The van der Waals surface area contributed by atoms with Crippen LogP contribution in [0.25, 0.3) is 21.8 Å². The number of Topliss-reactive ketones (excluding diaryl/α,β-unsaturated/α-hetero) is 1. The van der Waals surface area contributed by atoms with Gasteiger partial charge in [0, 0.05) is 35.0 Å². The standard InChI is InChI=1S/C34H38N2O6S/c1-4-6-7-8-9-12-21-43(39,40)42-35-28-19-20-41-34-26(33(28)38)16-18-30-31(34)27-22-24(15-17-29(27)36(30)5-2)32(37)25-14-11-10-13-23(25)3/h10-11,13-18,22H,4-9,12,19-21H2,1-3H3/b35-28+. The van der Waals surface area contributed by atoms with Gasteiger partial charge in [-0.25, -0.2) is 0 Å². The molecule has 1 aliphatic rings. The second-order valence-electron chi connectivity index (χ2n) is 11.0. The average Bonchev–Trinajstić information content (AvgIpc) is 3.23. The monoisotopic (exact) mass is 602 g/mol. The summed E-state index contributed by atoms with van der Waals surface area (Å²) in [6.07, 6.45) is 5.73. The van der Waals surface area contributed by atoms with Crippen LogP contribution < -0.4 is 4.74 Å². The predicted molar refractivity (Wildman–Crippen MR) is 170 cm³/mol. The first-order valence-corrected chi connectivity index (χ1v) is 16.7. The lowest BCUT2D eigenvalue weighted by atomic mass is 9.97. The Balaban J connectivity index is 1.47. The summed E-state index contributed by atoms with van der Waals surface area (Å²) in [6.45, 7) is 6.88. The molecule has 0 bridgehead atoms. The van der Waals surface area contributed by atoms with E-state index in [1.165, 1.54) is 0 Å². The molecule has 5 rings (SSSR count). The summed E-state index contributed by atoms with van der Waals surface area (Å²) in [5.74, 6) is -0.253. The van der Waals surface area contributed by atoms with Gasteiger partial charge in [0.05, 0.1) is 28.8 Å². The zero-order chi connectivity index (χ0) is 30.6. The Bertz CT molecular complexity index is 1820. The Labute approximate surface area is 252 Å². The molecule has 0 saturated carbocycles. The molecular formula is C34H38N2O6S. The SMILES string of the molecule is CCCCCCCCS(=O)(=O)O/N=C1\CCOc2c(ccc3c2c2cc(C(=O)c4ccccc4C)ccc2n3CC)C1=O. The van der Waals surface area contributed by atoms with E-state index in [0.717, 1.165) is 59.5 Å². The second-order valence-corrected chi connectivity index (χ2v) is 12.7. The van der Waals surface area contributed by atoms with Crippen molar-refractivity contribution in [3.8, 4) is 5.75 Å². The minimum atomic E-state index is -3.90. The molecule has 0 amide bonds. The lowest BCUT2D eigenvalue weighted by Crippen LogP contribution is -2.16. The van der Waals surface area contributed by atoms with Crippen LogP contribution in [0.4, 0.5) is 0 Å². The van der Waals surface area contributed by atoms with Gasteiger partial charge in [-0.1, -0.05) is 68.4 Å². The highest BCUT2D eigenvalue weighted by molar-refractivity contribution is 7.86. The number of oxime groups is 1. The third-order valence-corrected chi connectivity index (χ3v) is 9.14. The van der Waals surface area contributed by atoms with Crippen molar-refractivity contribution in [2.45, 2.75) is 72.3 Å². The maximum absolute atomic E-state index is 13.6. The molecule has 3 aromatic carbocycles. The van der Waals surface area contributed by atoms with Gasteiger partial charge in [0.2, 0.25) is 5.78 Å². The van der Waals surface area contributed by atoms with Gasteiger partial charge < -0.3 is 9.30 Å². The fourth-order valence-corrected chi connectivity index (χ4v) is 6.59. The molecule has 0 N–H and O–H groups in total. The van der Waals surface area contributed by atoms with Gasteiger partial charge in [0.1, 0.15) is 11.5 Å². The zero-order valence-electron chi connectivity index (χ0n) is 25.0. The highest BCUT2D eigenvalue weighted by Crippen LogP contribution is 2.40. The number of benzene rings is 3. The molecule has 2 heterocycles. The molecule has 0 spiro atoms. The number of fused-ring (bicyclic) bond motifs is 5. The average molecular weight is 603 g/mol. The van der Waals surface area contributed by atoms with E-state index >= 15 is 0 Å². The normalized spacial score (nSPS) is 14.6. The Kier molecular flexibility index (Phi) is 9.30. The number of hydrogen-bond donors (Lipinski definition) is 0. The molecule has 1 aliphatic heterocycles. The smallest absolute Gasteiger partial charge is 0.328 e. The highest BCUT2D eigenvalue weighted by atomic mass is 32.2. The molecule has 0 unspecified atom stereocenters. The molecule has 8 nitrogen and oxygen atoms in total. The van der Waals surface area contributed by atoms with Crippen LogP contribution in [0.2, 0.25) is 0 Å². The Morgan fingerprint density at radius 2 is 1.72 bits per heavy atom. The molecule has 0 radical (unpaired) electrons. The number of rotatable bonds is 12. The van der Waals surface area contributed by atoms with Gasteiger partial charge in [-0.15, -0.1) is 0 Å². The summed E-state index contributed by atoms with van der Waals surface area (Å²) in [6, 6.07) is 16.7. The summed E-state index contributed by atoms with van der Waals surface area (Å²) in [4.78, 5) is 27.1. The van der Waals surface area contributed by atoms with Crippen LogP contribution in [0.5, 0.6) is 5.75 Å². The fourth-order valence-electron chi connectivity index (χ4n) is 5.76. The van der Waals surface area contributed by atoms with Crippen molar-refractivity contribution >= 4 is 49.2 Å². The number of carbonyl (C=O) groups is 2. The van der Waals surface area contributed by atoms with Gasteiger partial charge >= 0.3 is 10.1 Å². The van der Waals surface area contributed by atoms with Gasteiger partial charge in [-0.3, -0.25) is 13.9 Å². The van der Waals surface area contributed by atoms with Crippen molar-refractivity contribution in [1.82, 2.24) is 4.57 Å². The van der Waals surface area contributed by atoms with Crippen molar-refractivity contribution in [3.63, 3.8) is 0 Å². The number of ketones is 2. The number of nitrogens with zero attached hydrogens (tertiary/aromatic N) is 2. The van der Waals surface area contributed by atoms with Crippen molar-refractivity contribution in [1.29, 1.82) is 0 Å². The number of hydrogen-bond acceptors (Lipinski definition) is 7. The van der Waals surface area contributed by atoms with Gasteiger partial charge in [-0.2, -0.15) is 8.42 Å². The van der Waals surface area contributed by atoms with Gasteiger partial charge in [0.25, 0.3) is 0 Å². The quantitative estimate of drug-likeness (QED) is 0.0952. The van der Waals surface area contributed by atoms with E-state index < -0.39 is 15.9 Å². The van der Waals surface area contributed by atoms with Crippen LogP contribution in [0.15, 0.2) is 59.8 Å². The molecule has 226 valence electrons. The van der Waals surface area contributed by atoms with Crippen LogP contribution in [0, 0.1) is 6.92 Å². The van der Waals surface area contributed by atoms with E-state index in [1.54, 1.807) is 6.07 Å². The summed E-state index contributed by atoms with van der Waals surface area (Å²) in [7, 11) is -3.90. The van der Waals surface area contributed by atoms with Crippen LogP contribution in [-0.2, 0) is 20.9 Å². The Morgan fingerprint density at radius 3 is 2.49 bits per heavy atom. The molecule has 4 aromatic rings. The number of unbranched alkanes of at least 4 members (excludes halogenated alkanes) is 5. The third-order valence-electron chi connectivity index (χ3n) is 8.05. The summed E-state index contributed by atoms with van der Waals surface area (Å²) in [5.41, 5.74) is 4.16. The first-order valence-electron chi connectivity index (χ1n) is 15.1. The first kappa shape index (κ1) is 30.5. The maximum Gasteiger partial charge on any atom is 0.328 e. The van der Waals surface area contributed by atoms with Crippen LogP contribution >= 0.6 is 0 Å². The van der Waals surface area contributed by atoms with E-state index in [2.05, 4.69) is 16.6 Å². The molecule has 0 aliphatic carbocycles. The molecule has 0 atom stereocenters. The van der Waals surface area contributed by atoms with Crippen LogP contribution in [0.3, 0.4) is 0 Å². The van der Waals surface area contributed by atoms with Crippen LogP contribution in [0.1, 0.15) is 90.6 Å². The molecule has 43 heavy (non-hydrogen) atoms. The van der Waals surface area contributed by atoms with Gasteiger partial charge in [-0.05, 0) is 56.2 Å². The number of carbonyl (C=O) groups excluding carboxylic acids is 2.